The van der Waals surface area contributed by atoms with Gasteiger partial charge in [-0.3, -0.25) is 0 Å². The number of hydrogen-bond donors (Lipinski definition) is 0. The third-order valence-corrected chi connectivity index (χ3v) is 4.15. The first-order valence-corrected chi connectivity index (χ1v) is 4.63. The Labute approximate surface area is 80.3 Å². The smallest absolute Gasteiger partial charge is 0.100 e. The van der Waals surface area contributed by atoms with E-state index in [-0.39, 0.29) is 10.8 Å². The number of hydrogen-bond acceptors (Lipinski definition) is 0. The van der Waals surface area contributed by atoms with Crippen molar-refractivity contribution in [1.29, 1.82) is 0 Å². The summed E-state index contributed by atoms with van der Waals surface area (Å²) in [6.45, 7) is 12.3. The van der Waals surface area contributed by atoms with Gasteiger partial charge in [-0.2, -0.15) is 0 Å². The van der Waals surface area contributed by atoms with E-state index in [9.17, 15) is 0 Å². The number of halogens is 2. The fraction of sp³-hybridized carbons (Fsp3) is 1.00. The molecule has 0 fully saturated rings. The van der Waals surface area contributed by atoms with Crippen LogP contribution in [-0.2, 0) is 0 Å². The lowest BCUT2D eigenvalue weighted by Gasteiger charge is -2.44. The van der Waals surface area contributed by atoms with E-state index >= 15 is 0 Å². The van der Waals surface area contributed by atoms with Crippen LogP contribution in [0.2, 0.25) is 0 Å². The molecule has 0 atom stereocenters. The molecular weight excluding hydrogens is 179 g/mol. The molecule has 0 radical (unpaired) electrons. The van der Waals surface area contributed by atoms with Crippen LogP contribution in [0.5, 0.6) is 0 Å². The lowest BCUT2D eigenvalue weighted by atomic mass is 9.76. The average molecular weight is 197 g/mol. The Balaban J connectivity index is 4.75. The first-order chi connectivity index (χ1) is 4.50. The van der Waals surface area contributed by atoms with Gasteiger partial charge in [0.1, 0.15) is 4.33 Å². The van der Waals surface area contributed by atoms with Crippen molar-refractivity contribution in [3.8, 4) is 0 Å². The van der Waals surface area contributed by atoms with E-state index in [1.807, 2.05) is 0 Å². The molecule has 0 spiro atoms. The lowest BCUT2D eigenvalue weighted by Crippen LogP contribution is -2.43. The Bertz CT molecular complexity index is 119. The molecule has 0 heterocycles. The van der Waals surface area contributed by atoms with Crippen molar-refractivity contribution in [2.75, 3.05) is 0 Å². The summed E-state index contributed by atoms with van der Waals surface area (Å²) in [7, 11) is 0. The van der Waals surface area contributed by atoms with Crippen LogP contribution < -0.4 is 0 Å². The molecule has 0 saturated carbocycles. The zero-order valence-electron chi connectivity index (χ0n) is 8.26. The van der Waals surface area contributed by atoms with Crippen LogP contribution in [0.3, 0.4) is 0 Å². The van der Waals surface area contributed by atoms with E-state index in [2.05, 4.69) is 41.5 Å². The Morgan fingerprint density at radius 1 is 0.636 bits per heavy atom. The van der Waals surface area contributed by atoms with Gasteiger partial charge in [0, 0.05) is 0 Å². The average Bonchev–Trinajstić information content (AvgIpc) is 1.58. The van der Waals surface area contributed by atoms with Gasteiger partial charge in [-0.25, -0.2) is 0 Å². The van der Waals surface area contributed by atoms with Crippen LogP contribution in [0.15, 0.2) is 0 Å². The Hall–Kier alpha value is 0.580. The van der Waals surface area contributed by atoms with Crippen molar-refractivity contribution in [1.82, 2.24) is 0 Å². The monoisotopic (exact) mass is 196 g/mol. The second-order valence-corrected chi connectivity index (χ2v) is 6.40. The van der Waals surface area contributed by atoms with Gasteiger partial charge in [-0.1, -0.05) is 41.5 Å². The zero-order chi connectivity index (χ0) is 9.50. The normalized spacial score (nSPS) is 15.3. The molecule has 0 aromatic carbocycles. The second kappa shape index (κ2) is 2.81. The zero-order valence-corrected chi connectivity index (χ0v) is 9.77. The quantitative estimate of drug-likeness (QED) is 0.509. The van der Waals surface area contributed by atoms with Gasteiger partial charge in [0.25, 0.3) is 0 Å². The summed E-state index contributed by atoms with van der Waals surface area (Å²) in [6.07, 6.45) is 0. The van der Waals surface area contributed by atoms with E-state index < -0.39 is 4.33 Å². The third kappa shape index (κ3) is 2.26. The maximum Gasteiger partial charge on any atom is 0.127 e. The topological polar surface area (TPSA) is 0 Å². The van der Waals surface area contributed by atoms with E-state index in [1.54, 1.807) is 0 Å². The van der Waals surface area contributed by atoms with E-state index in [0.717, 1.165) is 0 Å². The molecule has 0 N–H and O–H groups in total. The molecule has 0 aliphatic carbocycles. The molecule has 0 bridgehead atoms. The molecule has 2 heteroatoms. The van der Waals surface area contributed by atoms with Gasteiger partial charge in [-0.05, 0) is 10.8 Å². The molecule has 0 saturated heterocycles. The standard InChI is InChI=1S/C9H18Cl2/c1-7(2,3)9(10,11)8(4,5)6/h1-6H3. The highest BCUT2D eigenvalue weighted by molar-refractivity contribution is 6.49. The van der Waals surface area contributed by atoms with Gasteiger partial charge in [0.05, 0.1) is 0 Å². The summed E-state index contributed by atoms with van der Waals surface area (Å²) >= 11 is 12.5. The summed E-state index contributed by atoms with van der Waals surface area (Å²) in [4.78, 5) is 0. The molecule has 0 aliphatic heterocycles. The molecule has 0 amide bonds. The van der Waals surface area contributed by atoms with E-state index in [1.165, 1.54) is 0 Å². The van der Waals surface area contributed by atoms with Crippen molar-refractivity contribution in [3.63, 3.8) is 0 Å². The van der Waals surface area contributed by atoms with Crippen molar-refractivity contribution < 1.29 is 0 Å². The highest BCUT2D eigenvalue weighted by Gasteiger charge is 2.47. The van der Waals surface area contributed by atoms with Gasteiger partial charge in [-0.15, -0.1) is 23.2 Å². The summed E-state index contributed by atoms with van der Waals surface area (Å²) in [5, 5.41) is 0. The fourth-order valence-corrected chi connectivity index (χ4v) is 1.12. The summed E-state index contributed by atoms with van der Waals surface area (Å²) < 4.78 is -0.681. The maximum absolute atomic E-state index is 6.25. The van der Waals surface area contributed by atoms with Crippen LogP contribution in [0.1, 0.15) is 41.5 Å². The fourth-order valence-electron chi connectivity index (χ4n) is 1.12. The molecule has 0 aliphatic rings. The molecular formula is C9H18Cl2. The minimum Gasteiger partial charge on any atom is -0.100 e. The molecule has 0 unspecified atom stereocenters. The Morgan fingerprint density at radius 3 is 0.818 bits per heavy atom. The summed E-state index contributed by atoms with van der Waals surface area (Å²) in [5.41, 5.74) is -0.178. The van der Waals surface area contributed by atoms with Gasteiger partial charge in [0.15, 0.2) is 0 Å². The number of rotatable bonds is 0. The highest BCUT2D eigenvalue weighted by Crippen LogP contribution is 2.51. The third-order valence-electron chi connectivity index (χ3n) is 1.88. The molecule has 68 valence electrons. The second-order valence-electron chi connectivity index (χ2n) is 5.07. The van der Waals surface area contributed by atoms with Crippen LogP contribution in [0.25, 0.3) is 0 Å². The van der Waals surface area contributed by atoms with Crippen molar-refractivity contribution in [2.45, 2.75) is 45.9 Å². The van der Waals surface area contributed by atoms with E-state index in [0.29, 0.717) is 0 Å². The first-order valence-electron chi connectivity index (χ1n) is 3.88. The SMILES string of the molecule is CC(C)(C)C(Cl)(Cl)C(C)(C)C. The van der Waals surface area contributed by atoms with Crippen molar-refractivity contribution in [3.05, 3.63) is 0 Å². The summed E-state index contributed by atoms with van der Waals surface area (Å²) in [6, 6.07) is 0. The predicted molar refractivity (Wildman–Crippen MR) is 53.3 cm³/mol. The molecule has 11 heavy (non-hydrogen) atoms. The molecule has 0 rings (SSSR count). The maximum atomic E-state index is 6.25. The van der Waals surface area contributed by atoms with Gasteiger partial charge in [0.2, 0.25) is 0 Å². The van der Waals surface area contributed by atoms with Crippen molar-refractivity contribution >= 4 is 23.2 Å². The largest absolute Gasteiger partial charge is 0.127 e. The van der Waals surface area contributed by atoms with Crippen LogP contribution >= 0.6 is 23.2 Å². The van der Waals surface area contributed by atoms with Gasteiger partial charge >= 0.3 is 0 Å². The minimum absolute atomic E-state index is 0.0889. The van der Waals surface area contributed by atoms with Gasteiger partial charge < -0.3 is 0 Å². The molecule has 0 aromatic rings. The predicted octanol–water partition coefficient (Wildman–Crippen LogP) is 4.25. The Kier molecular flexibility index (Phi) is 2.96. The van der Waals surface area contributed by atoms with Crippen LogP contribution in [0.4, 0.5) is 0 Å². The Morgan fingerprint density at radius 2 is 0.818 bits per heavy atom. The minimum atomic E-state index is -0.681. The highest BCUT2D eigenvalue weighted by atomic mass is 35.5. The lowest BCUT2D eigenvalue weighted by molar-refractivity contribution is 0.208. The number of alkyl halides is 2. The van der Waals surface area contributed by atoms with Crippen molar-refractivity contribution in [2.24, 2.45) is 10.8 Å². The van der Waals surface area contributed by atoms with Crippen LogP contribution in [-0.4, -0.2) is 4.33 Å². The van der Waals surface area contributed by atoms with E-state index in [4.69, 9.17) is 23.2 Å². The summed E-state index contributed by atoms with van der Waals surface area (Å²) in [5.74, 6) is 0. The molecule has 0 aromatic heterocycles. The van der Waals surface area contributed by atoms with Crippen LogP contribution in [0, 0.1) is 10.8 Å². The molecule has 0 nitrogen and oxygen atoms in total. The first kappa shape index (κ1) is 11.6.